The van der Waals surface area contributed by atoms with Crippen molar-refractivity contribution in [1.29, 1.82) is 0 Å². The van der Waals surface area contributed by atoms with Crippen LogP contribution in [0, 0.1) is 6.92 Å². The second-order valence-corrected chi connectivity index (χ2v) is 9.12. The van der Waals surface area contributed by atoms with Crippen LogP contribution in [-0.2, 0) is 7.05 Å². The van der Waals surface area contributed by atoms with E-state index in [0.717, 1.165) is 0 Å². The minimum absolute atomic E-state index is 0.0372. The van der Waals surface area contributed by atoms with E-state index in [4.69, 9.17) is 22.1 Å². The van der Waals surface area contributed by atoms with Crippen LogP contribution >= 0.6 is 11.6 Å². The molecule has 0 saturated carbocycles. The van der Waals surface area contributed by atoms with E-state index in [0.29, 0.717) is 50.5 Å². The summed E-state index contributed by atoms with van der Waals surface area (Å²) in [5, 5.41) is 3.29. The van der Waals surface area contributed by atoms with Crippen molar-refractivity contribution in [3.8, 4) is 34.1 Å². The number of carbonyl (C=O) groups excluding carboxylic acids is 1. The Labute approximate surface area is 228 Å². The highest BCUT2D eigenvalue weighted by atomic mass is 35.5. The number of aromatic nitrogens is 5. The molecule has 0 aliphatic heterocycles. The monoisotopic (exact) mass is 541 g/mol. The average Bonchev–Trinajstić information content (AvgIpc) is 3.16. The molecule has 0 saturated heterocycles. The Bertz CT molecular complexity index is 1760. The summed E-state index contributed by atoms with van der Waals surface area (Å²) >= 11 is 6.11. The Kier molecular flexibility index (Phi) is 6.86. The topological polar surface area (TPSA) is 130 Å². The van der Waals surface area contributed by atoms with Gasteiger partial charge in [-0.25, -0.2) is 14.6 Å². The number of halogens is 1. The molecule has 10 nitrogen and oxygen atoms in total. The maximum Gasteiger partial charge on any atom is 0.284 e. The first-order valence-corrected chi connectivity index (χ1v) is 12.2. The van der Waals surface area contributed by atoms with E-state index in [1.54, 1.807) is 98.8 Å². The molecule has 2 aromatic carbocycles. The highest BCUT2D eigenvalue weighted by Gasteiger charge is 2.22. The molecule has 0 unspecified atom stereocenters. The van der Waals surface area contributed by atoms with E-state index in [-0.39, 0.29) is 11.4 Å². The SMILES string of the molecule is COc1ccnc(-c2cnc(N)c(-c3ccc(NC(=O)c4c(C)n(C)n(-c5cccc(Cl)c5)c4=O)cc3)n2)c1. The molecule has 0 aliphatic rings. The number of anilines is 2. The molecule has 0 fully saturated rings. The number of nitrogens with one attached hydrogen (secondary N) is 1. The summed E-state index contributed by atoms with van der Waals surface area (Å²) in [5.41, 5.74) is 9.58. The zero-order valence-electron chi connectivity index (χ0n) is 21.3. The number of pyridine rings is 1. The Hall–Kier alpha value is -4.96. The lowest BCUT2D eigenvalue weighted by atomic mass is 10.1. The van der Waals surface area contributed by atoms with Crippen LogP contribution in [0.3, 0.4) is 0 Å². The molecule has 0 aliphatic carbocycles. The van der Waals surface area contributed by atoms with E-state index in [1.807, 2.05) is 0 Å². The molecule has 5 rings (SSSR count). The summed E-state index contributed by atoms with van der Waals surface area (Å²) in [4.78, 5) is 39.6. The third kappa shape index (κ3) is 4.97. The van der Waals surface area contributed by atoms with Crippen LogP contribution in [0.5, 0.6) is 5.75 Å². The van der Waals surface area contributed by atoms with Crippen molar-refractivity contribution < 1.29 is 9.53 Å². The maximum atomic E-state index is 13.2. The van der Waals surface area contributed by atoms with Gasteiger partial charge in [0.2, 0.25) is 0 Å². The lowest BCUT2D eigenvalue weighted by molar-refractivity contribution is 0.102. The fourth-order valence-electron chi connectivity index (χ4n) is 4.19. The van der Waals surface area contributed by atoms with Crippen molar-refractivity contribution >= 4 is 29.0 Å². The number of nitrogens with zero attached hydrogens (tertiary/aromatic N) is 5. The van der Waals surface area contributed by atoms with Gasteiger partial charge in [-0.1, -0.05) is 29.8 Å². The van der Waals surface area contributed by atoms with Crippen molar-refractivity contribution in [1.82, 2.24) is 24.3 Å². The first-order chi connectivity index (χ1) is 18.8. The van der Waals surface area contributed by atoms with Gasteiger partial charge in [-0.2, -0.15) is 0 Å². The Morgan fingerprint density at radius 3 is 2.54 bits per heavy atom. The number of hydrogen-bond donors (Lipinski definition) is 2. The fraction of sp³-hybridized carbons (Fsp3) is 0.107. The van der Waals surface area contributed by atoms with Gasteiger partial charge in [0, 0.05) is 35.6 Å². The molecule has 0 spiro atoms. The smallest absolute Gasteiger partial charge is 0.284 e. The van der Waals surface area contributed by atoms with Crippen molar-refractivity contribution in [2.24, 2.45) is 7.05 Å². The number of nitrogen functional groups attached to an aromatic ring is 1. The molecule has 39 heavy (non-hydrogen) atoms. The van der Waals surface area contributed by atoms with E-state index in [9.17, 15) is 9.59 Å². The summed E-state index contributed by atoms with van der Waals surface area (Å²) < 4.78 is 8.30. The first kappa shape index (κ1) is 25.7. The average molecular weight is 542 g/mol. The molecule has 1 amide bonds. The normalized spacial score (nSPS) is 10.9. The number of rotatable bonds is 6. The standard InChI is InChI=1S/C28H24ClN7O3/c1-16-24(28(38)36(35(16)2)20-6-4-5-18(29)13-20)27(37)33-19-9-7-17(8-10-19)25-26(30)32-15-23(34-25)22-14-21(39-3)11-12-31-22/h4-15H,1-3H3,(H2,30,32)(H,33,37). The molecule has 3 N–H and O–H groups in total. The summed E-state index contributed by atoms with van der Waals surface area (Å²) in [6, 6.07) is 17.3. The second kappa shape index (κ2) is 10.4. The van der Waals surface area contributed by atoms with Crippen molar-refractivity contribution in [3.05, 3.63) is 99.7 Å². The highest BCUT2D eigenvalue weighted by molar-refractivity contribution is 6.30. The van der Waals surface area contributed by atoms with E-state index >= 15 is 0 Å². The number of hydrogen-bond acceptors (Lipinski definition) is 7. The van der Waals surface area contributed by atoms with Crippen molar-refractivity contribution in [3.63, 3.8) is 0 Å². The van der Waals surface area contributed by atoms with Gasteiger partial charge in [-0.05, 0) is 43.3 Å². The second-order valence-electron chi connectivity index (χ2n) is 8.68. The lowest BCUT2D eigenvalue weighted by Crippen LogP contribution is -2.25. The third-order valence-corrected chi connectivity index (χ3v) is 6.51. The number of nitrogens with two attached hydrogens (primary N) is 1. The van der Waals surface area contributed by atoms with Gasteiger partial charge in [-0.3, -0.25) is 19.3 Å². The van der Waals surface area contributed by atoms with Crippen LogP contribution in [0.2, 0.25) is 5.02 Å². The van der Waals surface area contributed by atoms with Crippen LogP contribution in [0.1, 0.15) is 16.1 Å². The number of amides is 1. The van der Waals surface area contributed by atoms with Crippen LogP contribution in [0.4, 0.5) is 11.5 Å². The molecule has 196 valence electrons. The molecular formula is C28H24ClN7O3. The number of ether oxygens (including phenoxy) is 1. The first-order valence-electron chi connectivity index (χ1n) is 11.9. The Morgan fingerprint density at radius 2 is 1.82 bits per heavy atom. The zero-order chi connectivity index (χ0) is 27.7. The summed E-state index contributed by atoms with van der Waals surface area (Å²) in [5.74, 6) is 0.375. The molecular weight excluding hydrogens is 518 g/mol. The number of benzene rings is 2. The van der Waals surface area contributed by atoms with Gasteiger partial charge in [0.15, 0.2) is 0 Å². The molecule has 0 radical (unpaired) electrons. The lowest BCUT2D eigenvalue weighted by Gasteiger charge is -2.09. The van der Waals surface area contributed by atoms with Gasteiger partial charge in [0.05, 0.1) is 30.4 Å². The van der Waals surface area contributed by atoms with Crippen molar-refractivity contribution in [2.45, 2.75) is 6.92 Å². The molecule has 3 aromatic heterocycles. The van der Waals surface area contributed by atoms with Crippen LogP contribution in [0.15, 0.2) is 77.9 Å². The van der Waals surface area contributed by atoms with Crippen LogP contribution in [-0.4, -0.2) is 37.3 Å². The molecule has 0 atom stereocenters. The predicted molar refractivity (Wildman–Crippen MR) is 150 cm³/mol. The quantitative estimate of drug-likeness (QED) is 0.323. The number of methoxy groups -OCH3 is 1. The maximum absolute atomic E-state index is 13.2. The van der Waals surface area contributed by atoms with Gasteiger partial charge in [-0.15, -0.1) is 0 Å². The zero-order valence-corrected chi connectivity index (χ0v) is 22.1. The Balaban J connectivity index is 1.41. The fourth-order valence-corrected chi connectivity index (χ4v) is 4.37. The van der Waals surface area contributed by atoms with E-state index in [1.165, 1.54) is 4.68 Å². The minimum Gasteiger partial charge on any atom is -0.497 e. The molecule has 0 bridgehead atoms. The summed E-state index contributed by atoms with van der Waals surface area (Å²) in [6.07, 6.45) is 3.18. The van der Waals surface area contributed by atoms with Crippen molar-refractivity contribution in [2.75, 3.05) is 18.2 Å². The van der Waals surface area contributed by atoms with E-state index in [2.05, 4.69) is 20.3 Å². The summed E-state index contributed by atoms with van der Waals surface area (Å²) in [6.45, 7) is 1.71. The highest BCUT2D eigenvalue weighted by Crippen LogP contribution is 2.27. The van der Waals surface area contributed by atoms with Gasteiger partial charge in [0.25, 0.3) is 11.5 Å². The summed E-state index contributed by atoms with van der Waals surface area (Å²) in [7, 11) is 3.29. The van der Waals surface area contributed by atoms with Gasteiger partial charge < -0.3 is 15.8 Å². The van der Waals surface area contributed by atoms with Gasteiger partial charge in [0.1, 0.15) is 28.5 Å². The van der Waals surface area contributed by atoms with E-state index < -0.39 is 11.5 Å². The largest absolute Gasteiger partial charge is 0.497 e. The third-order valence-electron chi connectivity index (χ3n) is 6.28. The van der Waals surface area contributed by atoms with Crippen LogP contribution in [0.25, 0.3) is 28.3 Å². The molecule has 5 aromatic rings. The molecule has 3 heterocycles. The number of carbonyl (C=O) groups is 1. The minimum atomic E-state index is -0.521. The van der Waals surface area contributed by atoms with Gasteiger partial charge >= 0.3 is 0 Å². The Morgan fingerprint density at radius 1 is 1.05 bits per heavy atom. The van der Waals surface area contributed by atoms with Crippen LogP contribution < -0.4 is 21.3 Å². The molecule has 11 heteroatoms. The predicted octanol–water partition coefficient (Wildman–Crippen LogP) is 4.50.